The monoisotopic (exact) mass is 480 g/mol. The highest BCUT2D eigenvalue weighted by Gasteiger charge is 2.58. The molecule has 1 saturated carbocycles. The van der Waals surface area contributed by atoms with Crippen LogP contribution in [0.15, 0.2) is 35.9 Å². The van der Waals surface area contributed by atoms with Gasteiger partial charge in [-0.25, -0.2) is 0 Å². The summed E-state index contributed by atoms with van der Waals surface area (Å²) in [5.74, 6) is 0.441. The molecule has 0 bridgehead atoms. The first-order valence-electron chi connectivity index (χ1n) is 12.1. The van der Waals surface area contributed by atoms with Crippen LogP contribution < -0.4 is 4.74 Å². The van der Waals surface area contributed by atoms with Crippen LogP contribution >= 0.6 is 0 Å². The number of benzene rings is 2. The molecule has 0 spiro atoms. The summed E-state index contributed by atoms with van der Waals surface area (Å²) in [6.07, 6.45) is 5.11. The molecule has 0 aromatic heterocycles. The second-order valence-corrected chi connectivity index (χ2v) is 11.1. The first kappa shape index (κ1) is 25.1. The summed E-state index contributed by atoms with van der Waals surface area (Å²) < 4.78 is 6.29. The lowest BCUT2D eigenvalue weighted by atomic mass is 9.57. The van der Waals surface area contributed by atoms with Gasteiger partial charge in [-0.1, -0.05) is 37.6 Å². The lowest BCUT2D eigenvalue weighted by Gasteiger charge is -2.56. The van der Waals surface area contributed by atoms with E-state index in [-0.39, 0.29) is 23.2 Å². The first-order valence-corrected chi connectivity index (χ1v) is 12.1. The molecule has 0 amide bonds. The largest absolute Gasteiger partial charge is 0.507 e. The zero-order valence-corrected chi connectivity index (χ0v) is 21.0. The number of ether oxygens (including phenoxy) is 1. The van der Waals surface area contributed by atoms with Crippen molar-refractivity contribution in [3.63, 3.8) is 0 Å². The van der Waals surface area contributed by atoms with Gasteiger partial charge in [-0.05, 0) is 74.6 Å². The van der Waals surface area contributed by atoms with Crippen molar-refractivity contribution in [2.45, 2.75) is 71.7 Å². The van der Waals surface area contributed by atoms with E-state index >= 15 is 0 Å². The Morgan fingerprint density at radius 3 is 2.11 bits per heavy atom. The van der Waals surface area contributed by atoms with Gasteiger partial charge in [-0.15, -0.1) is 0 Å². The van der Waals surface area contributed by atoms with Crippen LogP contribution in [-0.4, -0.2) is 43.3 Å². The predicted octanol–water partition coefficient (Wildman–Crippen LogP) is 4.94. The fourth-order valence-corrected chi connectivity index (χ4v) is 5.73. The van der Waals surface area contributed by atoms with Gasteiger partial charge in [0.1, 0.15) is 17.1 Å². The fourth-order valence-electron chi connectivity index (χ4n) is 5.73. The molecular weight excluding hydrogens is 444 g/mol. The zero-order valence-electron chi connectivity index (χ0n) is 21.0. The van der Waals surface area contributed by atoms with E-state index in [2.05, 4.69) is 0 Å². The van der Waals surface area contributed by atoms with E-state index in [9.17, 15) is 25.5 Å². The Balaban J connectivity index is 1.63. The van der Waals surface area contributed by atoms with Crippen molar-refractivity contribution in [2.75, 3.05) is 0 Å². The third-order valence-corrected chi connectivity index (χ3v) is 7.71. The third kappa shape index (κ3) is 4.65. The Hall–Kier alpha value is -2.96. The number of hydrogen-bond acceptors (Lipinski definition) is 6. The van der Waals surface area contributed by atoms with Crippen LogP contribution in [0, 0.1) is 11.3 Å². The zero-order chi connectivity index (χ0) is 25.7. The molecule has 1 aliphatic heterocycles. The van der Waals surface area contributed by atoms with Crippen molar-refractivity contribution in [2.24, 2.45) is 11.3 Å². The van der Waals surface area contributed by atoms with Gasteiger partial charge in [0.2, 0.25) is 0 Å². The number of aliphatic hydroxyl groups is 2. The van der Waals surface area contributed by atoms with Gasteiger partial charge in [-0.2, -0.15) is 0 Å². The van der Waals surface area contributed by atoms with Crippen molar-refractivity contribution in [3.8, 4) is 23.0 Å². The van der Waals surface area contributed by atoms with Crippen LogP contribution in [0.2, 0.25) is 0 Å². The normalized spacial score (nSPS) is 27.1. The van der Waals surface area contributed by atoms with E-state index < -0.39 is 23.2 Å². The third-order valence-electron chi connectivity index (χ3n) is 7.71. The van der Waals surface area contributed by atoms with Crippen LogP contribution in [0.4, 0.5) is 0 Å². The molecule has 4 atom stereocenters. The van der Waals surface area contributed by atoms with Crippen LogP contribution in [0.1, 0.15) is 63.3 Å². The van der Waals surface area contributed by atoms with Crippen molar-refractivity contribution in [1.29, 1.82) is 0 Å². The van der Waals surface area contributed by atoms with E-state index in [1.54, 1.807) is 24.3 Å². The molecule has 0 radical (unpaired) electrons. The number of rotatable bonds is 4. The number of aliphatic hydroxyl groups excluding tert-OH is 2. The number of aromatic hydroxyl groups is 3. The average Bonchev–Trinajstić information content (AvgIpc) is 2.75. The smallest absolute Gasteiger partial charge is 0.164 e. The molecule has 2 aromatic carbocycles. The molecule has 0 saturated heterocycles. The fraction of sp³-hybridized carbons (Fsp3) is 0.448. The summed E-state index contributed by atoms with van der Waals surface area (Å²) in [4.78, 5) is 0. The van der Waals surface area contributed by atoms with Crippen molar-refractivity contribution < 1.29 is 30.3 Å². The Morgan fingerprint density at radius 2 is 1.51 bits per heavy atom. The quantitative estimate of drug-likeness (QED) is 0.313. The molecule has 6 nitrogen and oxygen atoms in total. The van der Waals surface area contributed by atoms with E-state index in [1.807, 2.05) is 52.8 Å². The molecule has 4 rings (SSSR count). The highest BCUT2D eigenvalue weighted by molar-refractivity contribution is 5.73. The predicted molar refractivity (Wildman–Crippen MR) is 137 cm³/mol. The van der Waals surface area contributed by atoms with E-state index in [0.717, 1.165) is 16.7 Å². The number of phenolic OH excluding ortho intramolecular Hbond substituents is 3. The van der Waals surface area contributed by atoms with Gasteiger partial charge in [-0.3, -0.25) is 0 Å². The van der Waals surface area contributed by atoms with Gasteiger partial charge >= 0.3 is 0 Å². The number of allylic oxidation sites excluding steroid dienone is 2. The Morgan fingerprint density at radius 1 is 0.943 bits per heavy atom. The van der Waals surface area contributed by atoms with E-state index in [4.69, 9.17) is 4.74 Å². The van der Waals surface area contributed by atoms with Crippen molar-refractivity contribution in [1.82, 2.24) is 0 Å². The average molecular weight is 481 g/mol. The molecule has 5 N–H and O–H groups in total. The molecular formula is C29H36O6. The van der Waals surface area contributed by atoms with Gasteiger partial charge in [0.05, 0.1) is 12.2 Å². The maximum atomic E-state index is 10.8. The standard InChI is InChI=1S/C29H36O6/c1-16(2)6-9-20-21(30)11-18(12-22(20)31)8-7-17-10-19-14-25-28(3,4)27(34)24(33)15-29(25,5)35-26(19)23(32)13-17/h6-8,10-13,24-25,27,30-34H,9,14-15H2,1-5H3/b8-7+/t24-,25-,27-,29-/m0/s1. The van der Waals surface area contributed by atoms with Crippen LogP contribution in [0.3, 0.4) is 0 Å². The van der Waals surface area contributed by atoms with Crippen molar-refractivity contribution >= 4 is 12.2 Å². The van der Waals surface area contributed by atoms with Crippen molar-refractivity contribution in [3.05, 3.63) is 58.2 Å². The minimum Gasteiger partial charge on any atom is -0.507 e. The molecule has 1 fully saturated rings. The van der Waals surface area contributed by atoms with Gasteiger partial charge in [0.25, 0.3) is 0 Å². The second-order valence-electron chi connectivity index (χ2n) is 11.1. The minimum absolute atomic E-state index is 0.0167. The highest BCUT2D eigenvalue weighted by atomic mass is 16.5. The molecule has 2 aromatic rings. The van der Waals surface area contributed by atoms with E-state index in [0.29, 0.717) is 36.1 Å². The lowest BCUT2D eigenvalue weighted by Crippen LogP contribution is -2.63. The second kappa shape index (κ2) is 8.92. The molecule has 35 heavy (non-hydrogen) atoms. The Labute approximate surface area is 206 Å². The molecule has 2 aliphatic rings. The van der Waals surface area contributed by atoms with Gasteiger partial charge < -0.3 is 30.3 Å². The SMILES string of the molecule is CC(C)=CCc1c(O)cc(/C=C/c2cc(O)c3c(c2)C[C@H]2C(C)(C)[C@@H](O)[C@@H](O)C[C@]2(C)O3)cc1O. The molecule has 1 heterocycles. The van der Waals surface area contributed by atoms with Crippen LogP contribution in [0.5, 0.6) is 23.0 Å². The maximum absolute atomic E-state index is 10.8. The minimum atomic E-state index is -0.890. The summed E-state index contributed by atoms with van der Waals surface area (Å²) in [7, 11) is 0. The number of hydrogen-bond donors (Lipinski definition) is 5. The topological polar surface area (TPSA) is 110 Å². The maximum Gasteiger partial charge on any atom is 0.164 e. The summed E-state index contributed by atoms with van der Waals surface area (Å²) in [5, 5.41) is 52.6. The molecule has 6 heteroatoms. The Bertz CT molecular complexity index is 1170. The summed E-state index contributed by atoms with van der Waals surface area (Å²) in [5.41, 5.74) is 2.53. The van der Waals surface area contributed by atoms with Gasteiger partial charge in [0, 0.05) is 23.3 Å². The Kier molecular flexibility index (Phi) is 6.41. The first-order chi connectivity index (χ1) is 16.3. The summed E-state index contributed by atoms with van der Waals surface area (Å²) in [6.45, 7) is 9.75. The highest BCUT2D eigenvalue weighted by Crippen LogP contribution is 2.54. The van der Waals surface area contributed by atoms with Gasteiger partial charge in [0.15, 0.2) is 11.5 Å². The molecule has 188 valence electrons. The summed E-state index contributed by atoms with van der Waals surface area (Å²) in [6, 6.07) is 6.77. The lowest BCUT2D eigenvalue weighted by molar-refractivity contribution is -0.187. The number of fused-ring (bicyclic) bond motifs is 2. The van der Waals surface area contributed by atoms with E-state index in [1.165, 1.54) is 0 Å². The molecule has 0 unspecified atom stereocenters. The van der Waals surface area contributed by atoms with Crippen LogP contribution in [-0.2, 0) is 12.8 Å². The summed E-state index contributed by atoms with van der Waals surface area (Å²) >= 11 is 0. The van der Waals surface area contributed by atoms with Crippen LogP contribution in [0.25, 0.3) is 12.2 Å². The molecule has 1 aliphatic carbocycles. The number of phenols is 3.